The van der Waals surface area contributed by atoms with Crippen LogP contribution in [0.5, 0.6) is 0 Å². The van der Waals surface area contributed by atoms with Gasteiger partial charge >= 0.3 is 5.97 Å². The Balaban J connectivity index is 2.18. The lowest BCUT2D eigenvalue weighted by Gasteiger charge is -2.26. The van der Waals surface area contributed by atoms with E-state index in [9.17, 15) is 19.8 Å². The quantitative estimate of drug-likeness (QED) is 0.199. The fourth-order valence-electron chi connectivity index (χ4n) is 2.80. The van der Waals surface area contributed by atoms with Gasteiger partial charge in [0, 0.05) is 32.6 Å². The van der Waals surface area contributed by atoms with Crippen molar-refractivity contribution < 1.29 is 24.5 Å². The zero-order chi connectivity index (χ0) is 21.6. The van der Waals surface area contributed by atoms with E-state index in [4.69, 9.17) is 27.9 Å². The first kappa shape index (κ1) is 23.9. The Morgan fingerprint density at radius 1 is 1.07 bits per heavy atom. The van der Waals surface area contributed by atoms with Crippen molar-refractivity contribution in [3.63, 3.8) is 0 Å². The summed E-state index contributed by atoms with van der Waals surface area (Å²) >= 11 is 13.6. The maximum absolute atomic E-state index is 11.7. The van der Waals surface area contributed by atoms with Crippen LogP contribution in [0.4, 0.5) is 4.79 Å². The van der Waals surface area contributed by atoms with Crippen molar-refractivity contribution in [3.05, 3.63) is 58.1 Å². The maximum atomic E-state index is 11.7. The van der Waals surface area contributed by atoms with E-state index in [0.717, 1.165) is 16.7 Å². The van der Waals surface area contributed by atoms with Gasteiger partial charge in [-0.2, -0.15) is 0 Å². The molecule has 0 aliphatic heterocycles. The van der Waals surface area contributed by atoms with Gasteiger partial charge in [-0.05, 0) is 48.2 Å². The van der Waals surface area contributed by atoms with E-state index in [-0.39, 0.29) is 13.0 Å². The number of ether oxygens (including phenoxy) is 1. The number of aliphatic hydroxyl groups is 2. The molecular weight excluding hydrogens is 532 g/mol. The third-order valence-corrected chi connectivity index (χ3v) is 4.92. The van der Waals surface area contributed by atoms with Crippen LogP contribution in [0.25, 0.3) is 11.1 Å². The fraction of sp³-hybridized carbons (Fsp3) is 0.300. The van der Waals surface area contributed by atoms with Crippen LogP contribution in [0.2, 0.25) is 10.0 Å². The number of carbonyl (C=O) groups is 2. The average molecular weight is 552 g/mol. The molecule has 0 aliphatic carbocycles. The first-order chi connectivity index (χ1) is 13.7. The smallest absolute Gasteiger partial charge is 0.337 e. The van der Waals surface area contributed by atoms with Gasteiger partial charge < -0.3 is 20.3 Å². The molecule has 6 nitrogen and oxygen atoms in total. The van der Waals surface area contributed by atoms with E-state index in [1.807, 2.05) is 24.3 Å². The molecule has 0 saturated carbocycles. The van der Waals surface area contributed by atoms with Gasteiger partial charge in [0.25, 0.3) is 3.91 Å². The van der Waals surface area contributed by atoms with Crippen LogP contribution in [0.15, 0.2) is 42.5 Å². The molecular formula is C20H20Cl2INO5. The highest BCUT2D eigenvalue weighted by atomic mass is 127. The highest BCUT2D eigenvalue weighted by molar-refractivity contribution is 14.1. The molecule has 0 aromatic heterocycles. The summed E-state index contributed by atoms with van der Waals surface area (Å²) in [5.74, 6) is -0.944. The topological polar surface area (TPSA) is 95.9 Å². The van der Waals surface area contributed by atoms with Crippen molar-refractivity contribution >= 4 is 55.7 Å². The van der Waals surface area contributed by atoms with Crippen molar-refractivity contribution in [1.82, 2.24) is 5.32 Å². The first-order valence-corrected chi connectivity index (χ1v) is 10.6. The lowest BCUT2D eigenvalue weighted by Crippen LogP contribution is -2.51. The molecule has 0 saturated heterocycles. The van der Waals surface area contributed by atoms with Crippen LogP contribution in [-0.2, 0) is 16.0 Å². The number of hydrogen-bond donors (Lipinski definition) is 3. The molecule has 2 rings (SSSR count). The number of carbonyl (C=O) groups excluding carboxylic acids is 2. The lowest BCUT2D eigenvalue weighted by molar-refractivity contribution is -0.160. The zero-order valence-corrected chi connectivity index (χ0v) is 19.1. The second kappa shape index (κ2) is 11.1. The van der Waals surface area contributed by atoms with Gasteiger partial charge in [0.15, 0.2) is 6.10 Å². The molecule has 2 aromatic carbocycles. The van der Waals surface area contributed by atoms with Crippen LogP contribution in [0, 0.1) is 0 Å². The summed E-state index contributed by atoms with van der Waals surface area (Å²) in [6.45, 7) is 1.66. The highest BCUT2D eigenvalue weighted by Crippen LogP contribution is 2.27. The van der Waals surface area contributed by atoms with E-state index >= 15 is 0 Å². The number of amides is 1. The molecule has 0 heterocycles. The predicted octanol–water partition coefficient (Wildman–Crippen LogP) is 4.00. The van der Waals surface area contributed by atoms with E-state index < -0.39 is 28.1 Å². The minimum Gasteiger partial charge on any atom is -0.464 e. The number of esters is 1. The van der Waals surface area contributed by atoms with Gasteiger partial charge in [0.05, 0.1) is 12.6 Å². The molecule has 0 spiro atoms. The summed E-state index contributed by atoms with van der Waals surface area (Å²) in [5.41, 5.74) is 2.52. The summed E-state index contributed by atoms with van der Waals surface area (Å²) in [4.78, 5) is 23.2. The van der Waals surface area contributed by atoms with Crippen LogP contribution in [0.1, 0.15) is 12.5 Å². The average Bonchev–Trinajstić information content (AvgIpc) is 2.66. The number of benzene rings is 2. The van der Waals surface area contributed by atoms with Crippen LogP contribution >= 0.6 is 45.8 Å². The number of aliphatic hydroxyl groups excluding tert-OH is 2. The lowest BCUT2D eigenvalue weighted by atomic mass is 9.96. The fourth-order valence-corrected chi connectivity index (χ4v) is 3.72. The number of rotatable bonds is 8. The van der Waals surface area contributed by atoms with E-state index in [1.165, 1.54) is 22.6 Å². The highest BCUT2D eigenvalue weighted by Gasteiger charge is 2.33. The van der Waals surface area contributed by atoms with E-state index in [0.29, 0.717) is 10.0 Å². The second-order valence-electron chi connectivity index (χ2n) is 6.27. The molecule has 3 unspecified atom stereocenters. The van der Waals surface area contributed by atoms with E-state index in [1.54, 1.807) is 25.1 Å². The normalized spacial score (nSPS) is 14.0. The van der Waals surface area contributed by atoms with Gasteiger partial charge in [-0.25, -0.2) is 4.79 Å². The molecule has 3 atom stereocenters. The zero-order valence-electron chi connectivity index (χ0n) is 15.4. The van der Waals surface area contributed by atoms with Crippen molar-refractivity contribution in [2.75, 3.05) is 6.61 Å². The Labute approximate surface area is 192 Å². The van der Waals surface area contributed by atoms with Crippen molar-refractivity contribution in [2.24, 2.45) is 0 Å². The van der Waals surface area contributed by atoms with Gasteiger partial charge in [-0.1, -0.05) is 47.5 Å². The maximum Gasteiger partial charge on any atom is 0.337 e. The molecule has 9 heteroatoms. The molecule has 2 aromatic rings. The molecule has 156 valence electrons. The summed E-state index contributed by atoms with van der Waals surface area (Å²) in [6, 6.07) is 11.7. The van der Waals surface area contributed by atoms with Gasteiger partial charge in [-0.15, -0.1) is 0 Å². The molecule has 0 bridgehead atoms. The SMILES string of the molecule is CCOC(=O)C(O)C(O)C(Cc1ccc(-c2cc(Cl)cc(Cl)c2)cc1)NC(=O)I. The minimum atomic E-state index is -1.77. The second-order valence-corrected chi connectivity index (χ2v) is 8.12. The third-order valence-electron chi connectivity index (χ3n) is 4.17. The molecule has 0 fully saturated rings. The van der Waals surface area contributed by atoms with Gasteiger partial charge in [0.1, 0.15) is 6.10 Å². The van der Waals surface area contributed by atoms with Crippen LogP contribution < -0.4 is 5.32 Å². The monoisotopic (exact) mass is 551 g/mol. The van der Waals surface area contributed by atoms with Crippen molar-refractivity contribution in [3.8, 4) is 11.1 Å². The van der Waals surface area contributed by atoms with Crippen LogP contribution in [-0.4, -0.2) is 45.0 Å². The molecule has 1 amide bonds. The van der Waals surface area contributed by atoms with Gasteiger partial charge in [-0.3, -0.25) is 4.79 Å². The Bertz CT molecular complexity index is 842. The van der Waals surface area contributed by atoms with Crippen LogP contribution in [0.3, 0.4) is 0 Å². The summed E-state index contributed by atoms with van der Waals surface area (Å²) in [5, 5.41) is 24.0. The summed E-state index contributed by atoms with van der Waals surface area (Å²) in [7, 11) is 0. The van der Waals surface area contributed by atoms with Crippen molar-refractivity contribution in [1.29, 1.82) is 0 Å². The number of halogens is 3. The summed E-state index contributed by atoms with van der Waals surface area (Å²) < 4.78 is 4.31. The standard InChI is InChI=1S/C20H20Cl2INO5/c1-2-29-19(27)18(26)17(25)16(24-20(23)28)7-11-3-5-12(6-4-11)13-8-14(21)10-15(22)9-13/h3-6,8-10,16-18,25-26H,2,7H2,1H3,(H,24,28). The first-order valence-electron chi connectivity index (χ1n) is 8.75. The molecule has 0 radical (unpaired) electrons. The third kappa shape index (κ3) is 7.11. The summed E-state index contributed by atoms with van der Waals surface area (Å²) in [6.07, 6.45) is -3.10. The minimum absolute atomic E-state index is 0.0703. The van der Waals surface area contributed by atoms with Crippen molar-refractivity contribution in [2.45, 2.75) is 31.6 Å². The number of hydrogen-bond acceptors (Lipinski definition) is 5. The predicted molar refractivity (Wildman–Crippen MR) is 121 cm³/mol. The Kier molecular flexibility index (Phi) is 9.16. The Morgan fingerprint density at radius 2 is 1.66 bits per heavy atom. The molecule has 3 N–H and O–H groups in total. The van der Waals surface area contributed by atoms with Gasteiger partial charge in [0.2, 0.25) is 0 Å². The largest absolute Gasteiger partial charge is 0.464 e. The molecule has 29 heavy (non-hydrogen) atoms. The Hall–Kier alpha value is -1.39. The van der Waals surface area contributed by atoms with E-state index in [2.05, 4.69) is 5.32 Å². The Morgan fingerprint density at radius 3 is 2.17 bits per heavy atom. The molecule has 0 aliphatic rings. The number of nitrogens with one attached hydrogen (secondary N) is 1.